The van der Waals surface area contributed by atoms with Gasteiger partial charge in [-0.1, -0.05) is 12.8 Å². The predicted molar refractivity (Wildman–Crippen MR) is 117 cm³/mol. The minimum Gasteiger partial charge on any atom is -0.469 e. The highest BCUT2D eigenvalue weighted by molar-refractivity contribution is 5.79. The van der Waals surface area contributed by atoms with Crippen molar-refractivity contribution in [2.75, 3.05) is 43.5 Å². The number of hydrogen-bond acceptors (Lipinski definition) is 8. The first-order valence-corrected chi connectivity index (χ1v) is 10.8. The largest absolute Gasteiger partial charge is 0.469 e. The fraction of sp³-hybridized carbons (Fsp3) is 0.545. The monoisotopic (exact) mass is 410 g/mol. The number of esters is 1. The first kappa shape index (κ1) is 20.5. The van der Waals surface area contributed by atoms with Crippen LogP contribution in [-0.4, -0.2) is 60.3 Å². The molecule has 1 aliphatic carbocycles. The van der Waals surface area contributed by atoms with Gasteiger partial charge < -0.3 is 20.3 Å². The first-order chi connectivity index (χ1) is 14.7. The van der Waals surface area contributed by atoms with Crippen molar-refractivity contribution in [3.05, 3.63) is 30.1 Å². The van der Waals surface area contributed by atoms with Gasteiger partial charge in [-0.25, -0.2) is 9.97 Å². The van der Waals surface area contributed by atoms with Gasteiger partial charge in [0, 0.05) is 55.9 Å². The average Bonchev–Trinajstić information content (AvgIpc) is 3.32. The number of carbonyl (C=O) groups excluding carboxylic acids is 1. The molecule has 160 valence electrons. The number of piperazine rings is 1. The van der Waals surface area contributed by atoms with Crippen LogP contribution in [0.2, 0.25) is 0 Å². The van der Waals surface area contributed by atoms with E-state index >= 15 is 0 Å². The van der Waals surface area contributed by atoms with E-state index in [2.05, 4.69) is 25.5 Å². The molecule has 0 spiro atoms. The molecule has 2 aromatic rings. The van der Waals surface area contributed by atoms with Crippen LogP contribution in [0.3, 0.4) is 0 Å². The molecule has 0 radical (unpaired) electrons. The van der Waals surface area contributed by atoms with Gasteiger partial charge >= 0.3 is 5.97 Å². The summed E-state index contributed by atoms with van der Waals surface area (Å²) in [5.74, 6) is 0.542. The number of rotatable bonds is 6. The van der Waals surface area contributed by atoms with E-state index < -0.39 is 5.92 Å². The van der Waals surface area contributed by atoms with E-state index in [1.165, 1.54) is 20.0 Å². The molecule has 2 aromatic heterocycles. The van der Waals surface area contributed by atoms with Crippen LogP contribution in [0.5, 0.6) is 0 Å². The minimum atomic E-state index is -0.437. The summed E-state index contributed by atoms with van der Waals surface area (Å²) >= 11 is 0. The summed E-state index contributed by atoms with van der Waals surface area (Å²) in [4.78, 5) is 28.4. The Kier molecular flexibility index (Phi) is 6.42. The van der Waals surface area contributed by atoms with Crippen molar-refractivity contribution in [3.63, 3.8) is 0 Å². The molecule has 8 nitrogen and oxygen atoms in total. The summed E-state index contributed by atoms with van der Waals surface area (Å²) in [5, 5.41) is 6.93. The number of ether oxygens (including phenoxy) is 1. The van der Waals surface area contributed by atoms with Crippen molar-refractivity contribution in [2.24, 2.45) is 0 Å². The van der Waals surface area contributed by atoms with Gasteiger partial charge in [0.1, 0.15) is 11.5 Å². The van der Waals surface area contributed by atoms with Crippen LogP contribution in [0, 0.1) is 0 Å². The predicted octanol–water partition coefficient (Wildman–Crippen LogP) is 2.58. The Balaban J connectivity index is 1.65. The number of aromatic nitrogens is 3. The lowest BCUT2D eigenvalue weighted by molar-refractivity contribution is -0.141. The maximum absolute atomic E-state index is 12.1. The normalized spacial score (nSPS) is 18.3. The Morgan fingerprint density at radius 1 is 1.27 bits per heavy atom. The zero-order valence-electron chi connectivity index (χ0n) is 17.7. The van der Waals surface area contributed by atoms with Crippen molar-refractivity contribution in [1.82, 2.24) is 20.3 Å². The lowest BCUT2D eigenvalue weighted by Gasteiger charge is -2.29. The van der Waals surface area contributed by atoms with E-state index in [0.717, 1.165) is 56.0 Å². The average molecular weight is 411 g/mol. The maximum Gasteiger partial charge on any atom is 0.313 e. The summed E-state index contributed by atoms with van der Waals surface area (Å²) in [6.07, 6.45) is 8.20. The Hall–Kier alpha value is -2.74. The number of nitrogens with zero attached hydrogens (tertiary/aromatic N) is 4. The fourth-order valence-corrected chi connectivity index (χ4v) is 4.18. The number of anilines is 2. The van der Waals surface area contributed by atoms with E-state index in [4.69, 9.17) is 9.72 Å². The zero-order chi connectivity index (χ0) is 20.9. The van der Waals surface area contributed by atoms with E-state index in [-0.39, 0.29) is 5.97 Å². The van der Waals surface area contributed by atoms with Crippen molar-refractivity contribution >= 4 is 17.5 Å². The zero-order valence-corrected chi connectivity index (χ0v) is 17.7. The molecular formula is C22H30N6O2. The number of methoxy groups -OCH3 is 1. The molecule has 2 N–H and O–H groups in total. The molecule has 4 rings (SSSR count). The molecule has 30 heavy (non-hydrogen) atoms. The van der Waals surface area contributed by atoms with Crippen LogP contribution >= 0.6 is 0 Å². The molecule has 0 bridgehead atoms. The second-order valence-corrected chi connectivity index (χ2v) is 8.00. The highest BCUT2D eigenvalue weighted by Gasteiger charge is 2.24. The molecule has 1 saturated carbocycles. The third kappa shape index (κ3) is 4.53. The van der Waals surface area contributed by atoms with Crippen LogP contribution in [0.15, 0.2) is 24.5 Å². The molecule has 1 saturated heterocycles. The van der Waals surface area contributed by atoms with E-state index in [9.17, 15) is 4.79 Å². The number of carbonyl (C=O) groups is 1. The van der Waals surface area contributed by atoms with Gasteiger partial charge in [0.25, 0.3) is 0 Å². The lowest BCUT2D eigenvalue weighted by Crippen LogP contribution is -2.43. The quantitative estimate of drug-likeness (QED) is 0.702. The van der Waals surface area contributed by atoms with Gasteiger partial charge in [-0.15, -0.1) is 0 Å². The molecular weight excluding hydrogens is 380 g/mol. The smallest absolute Gasteiger partial charge is 0.313 e. The third-order valence-electron chi connectivity index (χ3n) is 5.99. The van der Waals surface area contributed by atoms with Gasteiger partial charge in [0.2, 0.25) is 0 Å². The van der Waals surface area contributed by atoms with Crippen molar-refractivity contribution < 1.29 is 9.53 Å². The highest BCUT2D eigenvalue weighted by atomic mass is 16.5. The van der Waals surface area contributed by atoms with Gasteiger partial charge in [-0.2, -0.15) is 0 Å². The molecule has 1 unspecified atom stereocenters. The van der Waals surface area contributed by atoms with Gasteiger partial charge in [0.05, 0.1) is 13.0 Å². The molecule has 0 amide bonds. The number of pyridine rings is 1. The lowest BCUT2D eigenvalue weighted by atomic mass is 10.0. The summed E-state index contributed by atoms with van der Waals surface area (Å²) in [6, 6.07) is 4.44. The summed E-state index contributed by atoms with van der Waals surface area (Å²) in [5.41, 5.74) is 2.62. The third-order valence-corrected chi connectivity index (χ3v) is 5.99. The molecule has 2 aliphatic rings. The van der Waals surface area contributed by atoms with E-state index in [1.54, 1.807) is 6.20 Å². The number of nitrogens with one attached hydrogen (secondary N) is 2. The molecule has 1 aliphatic heterocycles. The maximum atomic E-state index is 12.1. The Morgan fingerprint density at radius 2 is 2.03 bits per heavy atom. The van der Waals surface area contributed by atoms with Crippen LogP contribution in [0.1, 0.15) is 44.1 Å². The van der Waals surface area contributed by atoms with Crippen LogP contribution in [0.4, 0.5) is 11.5 Å². The highest BCUT2D eigenvalue weighted by Crippen LogP contribution is 2.30. The second-order valence-electron chi connectivity index (χ2n) is 8.00. The molecule has 1 atom stereocenters. The van der Waals surface area contributed by atoms with Gasteiger partial charge in [-0.3, -0.25) is 9.78 Å². The Labute approximate surface area is 177 Å². The Bertz CT molecular complexity index is 878. The Morgan fingerprint density at radius 3 is 2.77 bits per heavy atom. The van der Waals surface area contributed by atoms with Crippen LogP contribution in [-0.2, 0) is 9.53 Å². The summed E-state index contributed by atoms with van der Waals surface area (Å²) in [7, 11) is 1.41. The topological polar surface area (TPSA) is 92.3 Å². The van der Waals surface area contributed by atoms with Crippen molar-refractivity contribution in [3.8, 4) is 11.5 Å². The first-order valence-electron chi connectivity index (χ1n) is 10.8. The second kappa shape index (κ2) is 9.38. The summed E-state index contributed by atoms with van der Waals surface area (Å²) in [6.45, 7) is 5.71. The molecule has 8 heteroatoms. The molecule has 3 heterocycles. The van der Waals surface area contributed by atoms with Crippen molar-refractivity contribution in [1.29, 1.82) is 0 Å². The molecule has 0 aromatic carbocycles. The molecule has 2 fully saturated rings. The standard InChI is InChI=1S/C22H30N6O2/c1-15(22(29)30-2)18-14-25-21(27-20(18)26-16-5-3-4-6-16)19-13-17(7-8-24-19)28-11-9-23-10-12-28/h7-8,13-16,23H,3-6,9-12H2,1-2H3,(H,25,26,27). The van der Waals surface area contributed by atoms with Crippen LogP contribution in [0.25, 0.3) is 11.5 Å². The van der Waals surface area contributed by atoms with Crippen LogP contribution < -0.4 is 15.5 Å². The number of hydrogen-bond donors (Lipinski definition) is 2. The van der Waals surface area contributed by atoms with Gasteiger partial charge in [0.15, 0.2) is 5.82 Å². The van der Waals surface area contributed by atoms with E-state index in [0.29, 0.717) is 17.7 Å². The minimum absolute atomic E-state index is 0.292. The van der Waals surface area contributed by atoms with Crippen molar-refractivity contribution in [2.45, 2.75) is 44.6 Å². The summed E-state index contributed by atoms with van der Waals surface area (Å²) < 4.78 is 4.94. The SMILES string of the molecule is COC(=O)C(C)c1cnc(-c2cc(N3CCNCC3)ccn2)nc1NC1CCCC1. The van der Waals surface area contributed by atoms with E-state index in [1.807, 2.05) is 25.3 Å². The van der Waals surface area contributed by atoms with Gasteiger partial charge in [-0.05, 0) is 31.9 Å². The fourth-order valence-electron chi connectivity index (χ4n) is 4.18.